The molecule has 2 aliphatic rings. The summed E-state index contributed by atoms with van der Waals surface area (Å²) in [5.41, 5.74) is 9.19. The first kappa shape index (κ1) is 21.2. The lowest BCUT2D eigenvalue weighted by atomic mass is 9.66. The summed E-state index contributed by atoms with van der Waals surface area (Å²) in [7, 11) is 0. The molecule has 3 N–H and O–H groups in total. The number of allylic oxidation sites excluding steroid dienone is 1. The highest BCUT2D eigenvalue weighted by Gasteiger charge is 2.46. The fourth-order valence-electron chi connectivity index (χ4n) is 5.16. The molecule has 0 saturated carbocycles. The minimum absolute atomic E-state index is 0.0273. The van der Waals surface area contributed by atoms with E-state index in [2.05, 4.69) is 46.8 Å². The quantitative estimate of drug-likeness (QED) is 0.434. The van der Waals surface area contributed by atoms with Gasteiger partial charge in [0, 0.05) is 23.9 Å². The van der Waals surface area contributed by atoms with Crippen molar-refractivity contribution in [3.8, 4) is 11.5 Å². The second kappa shape index (κ2) is 8.10. The molecule has 2 atom stereocenters. The number of nitrogens with two attached hydrogens (primary N) is 1. The van der Waals surface area contributed by atoms with Gasteiger partial charge in [0.1, 0.15) is 17.1 Å². The van der Waals surface area contributed by atoms with E-state index in [-0.39, 0.29) is 16.9 Å². The van der Waals surface area contributed by atoms with Crippen LogP contribution in [0, 0.1) is 5.92 Å². The second-order valence-corrected chi connectivity index (χ2v) is 10.0. The van der Waals surface area contributed by atoms with Crippen LogP contribution in [-0.4, -0.2) is 17.3 Å². The van der Waals surface area contributed by atoms with Crippen molar-refractivity contribution in [1.82, 2.24) is 0 Å². The van der Waals surface area contributed by atoms with E-state index in [1.165, 1.54) is 36.8 Å². The molecular weight excluding hydrogens is 346 g/mol. The predicted octanol–water partition coefficient (Wildman–Crippen LogP) is 6.19. The molecule has 1 aromatic rings. The normalized spacial score (nSPS) is 23.4. The third kappa shape index (κ3) is 4.10. The van der Waals surface area contributed by atoms with E-state index in [4.69, 9.17) is 10.5 Å². The number of benzene rings is 1. The minimum Gasteiger partial charge on any atom is -0.508 e. The van der Waals surface area contributed by atoms with Gasteiger partial charge in [-0.3, -0.25) is 0 Å². The van der Waals surface area contributed by atoms with Crippen LogP contribution in [0.4, 0.5) is 0 Å². The number of unbranched alkanes of at least 4 members (excludes halogenated alkanes) is 3. The largest absolute Gasteiger partial charge is 0.508 e. The molecule has 3 nitrogen and oxygen atoms in total. The molecule has 1 heterocycles. The summed E-state index contributed by atoms with van der Waals surface area (Å²) < 4.78 is 6.50. The van der Waals surface area contributed by atoms with E-state index >= 15 is 0 Å². The SMILES string of the molecule is CCCCCCC(C)(C)c1cc(O)c2c(c1)OC(C)(C)C1CC=C(CN)CC21. The van der Waals surface area contributed by atoms with Gasteiger partial charge < -0.3 is 15.6 Å². The van der Waals surface area contributed by atoms with Gasteiger partial charge >= 0.3 is 0 Å². The van der Waals surface area contributed by atoms with E-state index in [9.17, 15) is 5.11 Å². The van der Waals surface area contributed by atoms with Gasteiger partial charge in [0.2, 0.25) is 0 Å². The van der Waals surface area contributed by atoms with Crippen LogP contribution in [0.15, 0.2) is 23.8 Å². The van der Waals surface area contributed by atoms with Crippen molar-refractivity contribution in [2.75, 3.05) is 6.54 Å². The summed E-state index contributed by atoms with van der Waals surface area (Å²) in [6.45, 7) is 11.8. The van der Waals surface area contributed by atoms with Gasteiger partial charge in [-0.2, -0.15) is 0 Å². The fourth-order valence-corrected chi connectivity index (χ4v) is 5.16. The first-order valence-corrected chi connectivity index (χ1v) is 11.1. The molecule has 156 valence electrons. The summed E-state index contributed by atoms with van der Waals surface area (Å²) in [6, 6.07) is 4.20. The molecule has 0 amide bonds. The molecule has 1 aliphatic heterocycles. The molecule has 2 unspecified atom stereocenters. The first-order chi connectivity index (χ1) is 13.2. The topological polar surface area (TPSA) is 55.5 Å². The van der Waals surface area contributed by atoms with Crippen LogP contribution >= 0.6 is 0 Å². The average molecular weight is 386 g/mol. The third-order valence-corrected chi connectivity index (χ3v) is 7.08. The zero-order valence-corrected chi connectivity index (χ0v) is 18.5. The van der Waals surface area contributed by atoms with E-state index in [1.807, 2.05) is 6.07 Å². The van der Waals surface area contributed by atoms with Crippen LogP contribution in [0.3, 0.4) is 0 Å². The van der Waals surface area contributed by atoms with E-state index in [0.29, 0.717) is 18.2 Å². The number of aromatic hydroxyl groups is 1. The number of rotatable bonds is 7. The number of hydrogen-bond donors (Lipinski definition) is 2. The Morgan fingerprint density at radius 2 is 1.96 bits per heavy atom. The van der Waals surface area contributed by atoms with Crippen molar-refractivity contribution in [2.45, 2.75) is 96.5 Å². The molecule has 1 aliphatic carbocycles. The number of fused-ring (bicyclic) bond motifs is 3. The molecule has 1 aromatic carbocycles. The van der Waals surface area contributed by atoms with Crippen molar-refractivity contribution >= 4 is 0 Å². The van der Waals surface area contributed by atoms with Crippen LogP contribution in [0.25, 0.3) is 0 Å². The van der Waals surface area contributed by atoms with Crippen molar-refractivity contribution in [2.24, 2.45) is 11.7 Å². The highest BCUT2D eigenvalue weighted by molar-refractivity contribution is 5.54. The Balaban J connectivity index is 1.93. The summed E-state index contributed by atoms with van der Waals surface area (Å²) in [5.74, 6) is 1.93. The molecule has 0 fully saturated rings. The van der Waals surface area contributed by atoms with Gasteiger partial charge in [-0.05, 0) is 56.2 Å². The minimum atomic E-state index is -0.245. The predicted molar refractivity (Wildman–Crippen MR) is 117 cm³/mol. The Morgan fingerprint density at radius 1 is 1.21 bits per heavy atom. The van der Waals surface area contributed by atoms with Crippen LogP contribution in [0.1, 0.15) is 96.6 Å². The van der Waals surface area contributed by atoms with Crippen molar-refractivity contribution in [3.05, 3.63) is 34.9 Å². The highest BCUT2D eigenvalue weighted by atomic mass is 16.5. The maximum atomic E-state index is 11.0. The Hall–Kier alpha value is -1.48. The molecular formula is C25H39NO2. The Morgan fingerprint density at radius 3 is 2.64 bits per heavy atom. The molecule has 0 aromatic heterocycles. The standard InChI is InChI=1S/C25H39NO2/c1-6-7-8-9-12-24(2,3)18-14-21(27)23-19-13-17(16-26)10-11-20(19)25(4,5)28-22(23)15-18/h10,14-15,19-20,27H,6-9,11-13,16,26H2,1-5H3. The van der Waals surface area contributed by atoms with Crippen molar-refractivity contribution in [3.63, 3.8) is 0 Å². The van der Waals surface area contributed by atoms with Crippen molar-refractivity contribution < 1.29 is 9.84 Å². The van der Waals surface area contributed by atoms with Gasteiger partial charge in [0.05, 0.1) is 0 Å². The molecule has 28 heavy (non-hydrogen) atoms. The first-order valence-electron chi connectivity index (χ1n) is 11.1. The summed E-state index contributed by atoms with van der Waals surface area (Å²) in [6.07, 6.45) is 10.3. The molecule has 3 heteroatoms. The lowest BCUT2D eigenvalue weighted by molar-refractivity contribution is 0.00731. The monoisotopic (exact) mass is 385 g/mol. The Labute approximate surface area is 171 Å². The third-order valence-electron chi connectivity index (χ3n) is 7.08. The maximum absolute atomic E-state index is 11.0. The summed E-state index contributed by atoms with van der Waals surface area (Å²) in [4.78, 5) is 0. The van der Waals surface area contributed by atoms with Gasteiger partial charge in [-0.25, -0.2) is 0 Å². The van der Waals surface area contributed by atoms with Crippen LogP contribution in [-0.2, 0) is 5.41 Å². The van der Waals surface area contributed by atoms with E-state index < -0.39 is 0 Å². The van der Waals surface area contributed by atoms with E-state index in [0.717, 1.165) is 30.6 Å². The Bertz CT molecular complexity index is 732. The zero-order chi connectivity index (χ0) is 20.5. The van der Waals surface area contributed by atoms with E-state index in [1.54, 1.807) is 0 Å². The Kier molecular flexibility index (Phi) is 6.14. The highest BCUT2D eigenvalue weighted by Crippen LogP contribution is 2.54. The van der Waals surface area contributed by atoms with Gasteiger partial charge in [0.15, 0.2) is 0 Å². The van der Waals surface area contributed by atoms with Crippen molar-refractivity contribution in [1.29, 1.82) is 0 Å². The van der Waals surface area contributed by atoms with Gasteiger partial charge in [0.25, 0.3) is 0 Å². The number of hydrogen-bond acceptors (Lipinski definition) is 3. The number of phenols is 1. The maximum Gasteiger partial charge on any atom is 0.127 e. The number of ether oxygens (including phenoxy) is 1. The molecule has 0 spiro atoms. The zero-order valence-electron chi connectivity index (χ0n) is 18.5. The lowest BCUT2D eigenvalue weighted by Gasteiger charge is -2.47. The molecule has 0 radical (unpaired) electrons. The molecule has 0 bridgehead atoms. The van der Waals surface area contributed by atoms with Gasteiger partial charge in [-0.1, -0.05) is 58.1 Å². The van der Waals surface area contributed by atoms with Crippen LogP contribution in [0.5, 0.6) is 11.5 Å². The average Bonchev–Trinajstić information content (AvgIpc) is 2.63. The number of phenolic OH excluding ortho intramolecular Hbond substituents is 1. The van der Waals surface area contributed by atoms with Crippen LogP contribution < -0.4 is 10.5 Å². The van der Waals surface area contributed by atoms with Gasteiger partial charge in [-0.15, -0.1) is 0 Å². The second-order valence-electron chi connectivity index (χ2n) is 10.0. The molecule has 3 rings (SSSR count). The fraction of sp³-hybridized carbons (Fsp3) is 0.680. The summed E-state index contributed by atoms with van der Waals surface area (Å²) in [5, 5.41) is 11.0. The van der Waals surface area contributed by atoms with Crippen LogP contribution in [0.2, 0.25) is 0 Å². The molecule has 0 saturated heterocycles. The smallest absolute Gasteiger partial charge is 0.127 e. The summed E-state index contributed by atoms with van der Waals surface area (Å²) >= 11 is 0. The lowest BCUT2D eigenvalue weighted by Crippen LogP contribution is -2.45.